The molecular formula is C15H31IN4. The van der Waals surface area contributed by atoms with Crippen molar-refractivity contribution in [2.24, 2.45) is 10.9 Å². The fourth-order valence-corrected chi connectivity index (χ4v) is 3.14. The van der Waals surface area contributed by atoms with E-state index >= 15 is 0 Å². The average molecular weight is 394 g/mol. The number of hydrogen-bond donors (Lipinski definition) is 2. The van der Waals surface area contributed by atoms with Gasteiger partial charge in [0.05, 0.1) is 0 Å². The first-order valence-electron chi connectivity index (χ1n) is 7.93. The Bertz CT molecular complexity index is 282. The predicted octanol–water partition coefficient (Wildman–Crippen LogP) is 2.44. The molecular weight excluding hydrogens is 363 g/mol. The minimum Gasteiger partial charge on any atom is -0.356 e. The molecule has 0 aromatic rings. The maximum Gasteiger partial charge on any atom is 0.191 e. The Labute approximate surface area is 141 Å². The van der Waals surface area contributed by atoms with Crippen molar-refractivity contribution in [1.82, 2.24) is 15.5 Å². The van der Waals surface area contributed by atoms with Gasteiger partial charge in [0, 0.05) is 19.6 Å². The zero-order chi connectivity index (χ0) is 13.5. The Kier molecular flexibility index (Phi) is 8.84. The molecule has 1 saturated heterocycles. The number of nitrogens with zero attached hydrogens (tertiary/aromatic N) is 2. The molecule has 0 aromatic carbocycles. The lowest BCUT2D eigenvalue weighted by Crippen LogP contribution is -2.46. The van der Waals surface area contributed by atoms with Crippen molar-refractivity contribution in [3.05, 3.63) is 0 Å². The molecule has 20 heavy (non-hydrogen) atoms. The van der Waals surface area contributed by atoms with E-state index in [1.807, 2.05) is 7.05 Å². The molecule has 4 nitrogen and oxygen atoms in total. The molecule has 0 radical (unpaired) electrons. The Hall–Kier alpha value is -0.0400. The van der Waals surface area contributed by atoms with Gasteiger partial charge >= 0.3 is 0 Å². The van der Waals surface area contributed by atoms with Crippen LogP contribution in [-0.2, 0) is 0 Å². The molecule has 2 rings (SSSR count). The van der Waals surface area contributed by atoms with Gasteiger partial charge in [0.1, 0.15) is 0 Å². The van der Waals surface area contributed by atoms with Gasteiger partial charge in [0.2, 0.25) is 0 Å². The van der Waals surface area contributed by atoms with E-state index in [2.05, 4.69) is 27.6 Å². The molecule has 0 unspecified atom stereocenters. The molecule has 0 spiro atoms. The van der Waals surface area contributed by atoms with Crippen LogP contribution in [0, 0.1) is 5.92 Å². The van der Waals surface area contributed by atoms with Gasteiger partial charge < -0.3 is 15.5 Å². The second-order valence-corrected chi connectivity index (χ2v) is 6.18. The van der Waals surface area contributed by atoms with Gasteiger partial charge in [-0.1, -0.05) is 19.3 Å². The first-order valence-corrected chi connectivity index (χ1v) is 7.93. The van der Waals surface area contributed by atoms with Crippen LogP contribution in [0.3, 0.4) is 0 Å². The van der Waals surface area contributed by atoms with Crippen molar-refractivity contribution in [3.8, 4) is 0 Å². The molecule has 1 aliphatic heterocycles. The van der Waals surface area contributed by atoms with Crippen molar-refractivity contribution in [1.29, 1.82) is 0 Å². The molecule has 118 valence electrons. The zero-order valence-electron chi connectivity index (χ0n) is 13.0. The van der Waals surface area contributed by atoms with E-state index in [4.69, 9.17) is 0 Å². The topological polar surface area (TPSA) is 39.7 Å². The van der Waals surface area contributed by atoms with Crippen LogP contribution in [0.2, 0.25) is 0 Å². The lowest BCUT2D eigenvalue weighted by Gasteiger charge is -2.30. The van der Waals surface area contributed by atoms with E-state index in [0.29, 0.717) is 6.04 Å². The molecule has 1 heterocycles. The predicted molar refractivity (Wildman–Crippen MR) is 97.0 cm³/mol. The quantitative estimate of drug-likeness (QED) is 0.439. The molecule has 1 aliphatic carbocycles. The molecule has 0 bridgehead atoms. The first kappa shape index (κ1) is 18.0. The fraction of sp³-hybridized carbons (Fsp3) is 0.933. The van der Waals surface area contributed by atoms with Crippen molar-refractivity contribution >= 4 is 29.9 Å². The minimum absolute atomic E-state index is 0. The monoisotopic (exact) mass is 394 g/mol. The van der Waals surface area contributed by atoms with Crippen LogP contribution in [0.1, 0.15) is 44.9 Å². The van der Waals surface area contributed by atoms with Crippen LogP contribution in [0.5, 0.6) is 0 Å². The summed E-state index contributed by atoms with van der Waals surface area (Å²) in [5, 5.41) is 7.10. The standard InChI is InChI=1S/C15H30N4.HI/c1-16-15(18-14-6-4-3-5-7-14)17-12-13-8-10-19(2)11-9-13;/h13-14H,3-12H2,1-2H3,(H2,16,17,18);1H. The number of halogens is 1. The van der Waals surface area contributed by atoms with E-state index in [9.17, 15) is 0 Å². The van der Waals surface area contributed by atoms with E-state index in [1.54, 1.807) is 0 Å². The molecule has 0 amide bonds. The molecule has 5 heteroatoms. The van der Waals surface area contributed by atoms with Crippen molar-refractivity contribution in [2.75, 3.05) is 33.7 Å². The summed E-state index contributed by atoms with van der Waals surface area (Å²) in [7, 11) is 4.10. The van der Waals surface area contributed by atoms with Crippen molar-refractivity contribution in [3.63, 3.8) is 0 Å². The van der Waals surface area contributed by atoms with E-state index in [0.717, 1.165) is 18.4 Å². The smallest absolute Gasteiger partial charge is 0.191 e. The van der Waals surface area contributed by atoms with Crippen molar-refractivity contribution in [2.45, 2.75) is 51.0 Å². The number of guanidine groups is 1. The van der Waals surface area contributed by atoms with Crippen LogP contribution in [0.15, 0.2) is 4.99 Å². The summed E-state index contributed by atoms with van der Waals surface area (Å²) in [6.07, 6.45) is 9.35. The lowest BCUT2D eigenvalue weighted by atomic mass is 9.95. The Morgan fingerprint density at radius 2 is 1.75 bits per heavy atom. The van der Waals surface area contributed by atoms with E-state index in [-0.39, 0.29) is 24.0 Å². The number of nitrogens with one attached hydrogen (secondary N) is 2. The highest BCUT2D eigenvalue weighted by Gasteiger charge is 2.18. The largest absolute Gasteiger partial charge is 0.356 e. The Morgan fingerprint density at radius 3 is 2.35 bits per heavy atom. The van der Waals surface area contributed by atoms with Crippen LogP contribution < -0.4 is 10.6 Å². The van der Waals surface area contributed by atoms with Crippen LogP contribution in [0.25, 0.3) is 0 Å². The number of piperidine rings is 1. The summed E-state index contributed by atoms with van der Waals surface area (Å²) in [4.78, 5) is 6.79. The third-order valence-electron chi connectivity index (χ3n) is 4.57. The van der Waals surface area contributed by atoms with Crippen LogP contribution >= 0.6 is 24.0 Å². The molecule has 0 aromatic heterocycles. The molecule has 2 aliphatic rings. The van der Waals surface area contributed by atoms with Crippen LogP contribution in [-0.4, -0.2) is 50.6 Å². The summed E-state index contributed by atoms with van der Waals surface area (Å²) < 4.78 is 0. The van der Waals surface area contributed by atoms with Gasteiger partial charge in [0.15, 0.2) is 5.96 Å². The first-order chi connectivity index (χ1) is 9.28. The van der Waals surface area contributed by atoms with Crippen LogP contribution in [0.4, 0.5) is 0 Å². The Balaban J connectivity index is 0.00000200. The van der Waals surface area contributed by atoms with Gasteiger partial charge in [-0.3, -0.25) is 4.99 Å². The van der Waals surface area contributed by atoms with Gasteiger partial charge in [-0.15, -0.1) is 24.0 Å². The molecule has 0 atom stereocenters. The number of hydrogen-bond acceptors (Lipinski definition) is 2. The molecule has 2 fully saturated rings. The highest BCUT2D eigenvalue weighted by atomic mass is 127. The summed E-state index contributed by atoms with van der Waals surface area (Å²) >= 11 is 0. The third kappa shape index (κ3) is 6.16. The number of rotatable bonds is 3. The SMILES string of the molecule is CN=C(NCC1CCN(C)CC1)NC1CCCCC1.I. The van der Waals surface area contributed by atoms with Gasteiger partial charge in [-0.25, -0.2) is 0 Å². The second-order valence-electron chi connectivity index (χ2n) is 6.18. The van der Waals surface area contributed by atoms with E-state index in [1.165, 1.54) is 58.0 Å². The summed E-state index contributed by atoms with van der Waals surface area (Å²) in [5.74, 6) is 1.81. The Morgan fingerprint density at radius 1 is 1.10 bits per heavy atom. The minimum atomic E-state index is 0. The van der Waals surface area contributed by atoms with Gasteiger partial charge in [-0.05, 0) is 51.7 Å². The van der Waals surface area contributed by atoms with Crippen molar-refractivity contribution < 1.29 is 0 Å². The average Bonchev–Trinajstić information content (AvgIpc) is 2.46. The molecule has 1 saturated carbocycles. The summed E-state index contributed by atoms with van der Waals surface area (Å²) in [6.45, 7) is 3.54. The lowest BCUT2D eigenvalue weighted by molar-refractivity contribution is 0.220. The zero-order valence-corrected chi connectivity index (χ0v) is 15.4. The van der Waals surface area contributed by atoms with E-state index < -0.39 is 0 Å². The maximum atomic E-state index is 4.37. The van der Waals surface area contributed by atoms with Gasteiger partial charge in [-0.2, -0.15) is 0 Å². The normalized spacial score (nSPS) is 23.2. The third-order valence-corrected chi connectivity index (χ3v) is 4.57. The summed E-state index contributed by atoms with van der Waals surface area (Å²) in [5.41, 5.74) is 0. The number of likely N-dealkylation sites (tertiary alicyclic amines) is 1. The number of aliphatic imine (C=N–C) groups is 1. The summed E-state index contributed by atoms with van der Waals surface area (Å²) in [6, 6.07) is 0.637. The van der Waals surface area contributed by atoms with Gasteiger partial charge in [0.25, 0.3) is 0 Å². The fourth-order valence-electron chi connectivity index (χ4n) is 3.14. The maximum absolute atomic E-state index is 4.37. The second kappa shape index (κ2) is 9.82. The molecule has 2 N–H and O–H groups in total. The highest BCUT2D eigenvalue weighted by molar-refractivity contribution is 14.0. The highest BCUT2D eigenvalue weighted by Crippen LogP contribution is 2.17.